The predicted molar refractivity (Wildman–Crippen MR) is 101 cm³/mol. The number of hydrogen-bond acceptors (Lipinski definition) is 6. The number of benzene rings is 1. The Morgan fingerprint density at radius 1 is 1.12 bits per heavy atom. The molecule has 0 spiro atoms. The number of methoxy groups -OCH3 is 2. The Bertz CT molecular complexity index is 947. The van der Waals surface area contributed by atoms with Gasteiger partial charge in [0, 0.05) is 16.6 Å². The first-order valence-corrected chi connectivity index (χ1v) is 8.73. The van der Waals surface area contributed by atoms with Gasteiger partial charge in [-0.2, -0.15) is 0 Å². The Labute approximate surface area is 150 Å². The van der Waals surface area contributed by atoms with Crippen LogP contribution in [0.25, 0.3) is 10.2 Å². The zero-order valence-electron chi connectivity index (χ0n) is 14.6. The van der Waals surface area contributed by atoms with E-state index in [1.54, 1.807) is 25.3 Å². The molecular formula is C19H20N2O3S. The molecule has 2 aromatic heterocycles. The molecule has 5 nitrogen and oxygen atoms in total. The van der Waals surface area contributed by atoms with Crippen LogP contribution in [0.4, 0.5) is 5.69 Å². The van der Waals surface area contributed by atoms with Gasteiger partial charge in [-0.15, -0.1) is 11.3 Å². The lowest BCUT2D eigenvalue weighted by Crippen LogP contribution is -2.03. The van der Waals surface area contributed by atoms with Crippen molar-refractivity contribution in [3.8, 4) is 11.5 Å². The third-order valence-corrected chi connectivity index (χ3v) is 5.17. The zero-order chi connectivity index (χ0) is 18.1. The summed E-state index contributed by atoms with van der Waals surface area (Å²) < 4.78 is 10.5. The number of thiophene rings is 1. The largest absolute Gasteiger partial charge is 0.493 e. The van der Waals surface area contributed by atoms with E-state index >= 15 is 0 Å². The second-order valence-corrected chi connectivity index (χ2v) is 6.99. The fourth-order valence-electron chi connectivity index (χ4n) is 2.61. The third kappa shape index (κ3) is 3.05. The summed E-state index contributed by atoms with van der Waals surface area (Å²) in [7, 11) is 3.10. The summed E-state index contributed by atoms with van der Waals surface area (Å²) in [4.78, 5) is 18.8. The molecule has 0 saturated heterocycles. The van der Waals surface area contributed by atoms with Gasteiger partial charge < -0.3 is 15.2 Å². The normalized spacial score (nSPS) is 11.1. The Morgan fingerprint density at radius 3 is 2.48 bits per heavy atom. The first-order valence-electron chi connectivity index (χ1n) is 7.92. The molecule has 2 N–H and O–H groups in total. The number of pyridine rings is 1. The zero-order valence-corrected chi connectivity index (χ0v) is 15.4. The molecular weight excluding hydrogens is 336 g/mol. The number of nitrogens with two attached hydrogens (primary N) is 1. The van der Waals surface area contributed by atoms with Crippen LogP contribution in [0.15, 0.2) is 30.3 Å². The maximum absolute atomic E-state index is 12.9. The summed E-state index contributed by atoms with van der Waals surface area (Å²) in [6.45, 7) is 4.17. The summed E-state index contributed by atoms with van der Waals surface area (Å²) in [5.41, 5.74) is 8.18. The molecule has 0 unspecified atom stereocenters. The van der Waals surface area contributed by atoms with Crippen molar-refractivity contribution in [1.82, 2.24) is 4.98 Å². The minimum atomic E-state index is -0.146. The van der Waals surface area contributed by atoms with E-state index in [-0.39, 0.29) is 5.78 Å². The number of ether oxygens (including phenoxy) is 2. The van der Waals surface area contributed by atoms with Crippen molar-refractivity contribution < 1.29 is 14.3 Å². The van der Waals surface area contributed by atoms with E-state index in [9.17, 15) is 4.79 Å². The highest BCUT2D eigenvalue weighted by molar-refractivity contribution is 7.21. The molecule has 0 fully saturated rings. The maximum atomic E-state index is 12.9. The van der Waals surface area contributed by atoms with Crippen molar-refractivity contribution in [3.63, 3.8) is 0 Å². The average Bonchev–Trinajstić information content (AvgIpc) is 2.96. The summed E-state index contributed by atoms with van der Waals surface area (Å²) in [6.07, 6.45) is 0. The third-order valence-electron chi connectivity index (χ3n) is 4.06. The fraction of sp³-hybridized carbons (Fsp3) is 0.263. The molecule has 0 aliphatic rings. The number of nitrogens with zero attached hydrogens (tertiary/aromatic N) is 1. The Kier molecular flexibility index (Phi) is 4.63. The van der Waals surface area contributed by atoms with Crippen molar-refractivity contribution >= 4 is 33.0 Å². The second-order valence-electron chi connectivity index (χ2n) is 5.99. The average molecular weight is 356 g/mol. The van der Waals surface area contributed by atoms with Crippen LogP contribution in [0.5, 0.6) is 11.5 Å². The second kappa shape index (κ2) is 6.72. The van der Waals surface area contributed by atoms with Gasteiger partial charge in [0.25, 0.3) is 0 Å². The van der Waals surface area contributed by atoms with E-state index in [1.165, 1.54) is 18.4 Å². The highest BCUT2D eigenvalue weighted by Gasteiger charge is 2.20. The summed E-state index contributed by atoms with van der Waals surface area (Å²) in [5, 5.41) is 0.818. The molecule has 0 bridgehead atoms. The van der Waals surface area contributed by atoms with Crippen LogP contribution in [-0.4, -0.2) is 25.0 Å². The number of hydrogen-bond donors (Lipinski definition) is 1. The standard InChI is InChI=1S/C19H20N2O3S/c1-10(2)13-7-6-12-16(20)18(25-19(12)21-13)17(22)11-5-8-14(23-3)15(9-11)24-4/h5-10H,20H2,1-4H3. The monoisotopic (exact) mass is 356 g/mol. The van der Waals surface area contributed by atoms with Crippen molar-refractivity contribution in [2.24, 2.45) is 0 Å². The van der Waals surface area contributed by atoms with Gasteiger partial charge in [0.15, 0.2) is 11.5 Å². The molecule has 2 heterocycles. The van der Waals surface area contributed by atoms with Crippen molar-refractivity contribution in [2.75, 3.05) is 20.0 Å². The van der Waals surface area contributed by atoms with Gasteiger partial charge in [0.1, 0.15) is 9.71 Å². The fourth-order valence-corrected chi connectivity index (χ4v) is 3.67. The number of nitrogen functional groups attached to an aromatic ring is 1. The van der Waals surface area contributed by atoms with E-state index in [0.29, 0.717) is 33.5 Å². The SMILES string of the molecule is COc1ccc(C(=O)c2sc3nc(C(C)C)ccc3c2N)cc1OC. The molecule has 130 valence electrons. The van der Waals surface area contributed by atoms with Crippen LogP contribution < -0.4 is 15.2 Å². The molecule has 1 aromatic carbocycles. The van der Waals surface area contributed by atoms with Crippen LogP contribution >= 0.6 is 11.3 Å². The number of carbonyl (C=O) groups is 1. The van der Waals surface area contributed by atoms with Crippen molar-refractivity contribution in [2.45, 2.75) is 19.8 Å². The molecule has 25 heavy (non-hydrogen) atoms. The van der Waals surface area contributed by atoms with E-state index in [0.717, 1.165) is 15.9 Å². The highest BCUT2D eigenvalue weighted by Crippen LogP contribution is 2.36. The number of ketones is 1. The first kappa shape index (κ1) is 17.2. The lowest BCUT2D eigenvalue weighted by molar-refractivity contribution is 0.104. The number of carbonyl (C=O) groups excluding carboxylic acids is 1. The number of rotatable bonds is 5. The van der Waals surface area contributed by atoms with Crippen molar-refractivity contribution in [3.05, 3.63) is 46.5 Å². The van der Waals surface area contributed by atoms with E-state index in [2.05, 4.69) is 18.8 Å². The molecule has 0 aliphatic carbocycles. The molecule has 0 saturated carbocycles. The molecule has 0 amide bonds. The Hall–Kier alpha value is -2.60. The highest BCUT2D eigenvalue weighted by atomic mass is 32.1. The quantitative estimate of drug-likeness (QED) is 0.692. The minimum absolute atomic E-state index is 0.146. The van der Waals surface area contributed by atoms with Crippen LogP contribution in [0, 0.1) is 0 Å². The van der Waals surface area contributed by atoms with Crippen LogP contribution in [0.2, 0.25) is 0 Å². The Morgan fingerprint density at radius 2 is 1.84 bits per heavy atom. The molecule has 3 rings (SSSR count). The number of aromatic nitrogens is 1. The minimum Gasteiger partial charge on any atom is -0.493 e. The van der Waals surface area contributed by atoms with E-state index in [1.807, 2.05) is 12.1 Å². The van der Waals surface area contributed by atoms with Crippen molar-refractivity contribution in [1.29, 1.82) is 0 Å². The smallest absolute Gasteiger partial charge is 0.205 e. The molecule has 3 aromatic rings. The van der Waals surface area contributed by atoms with Gasteiger partial charge in [-0.1, -0.05) is 13.8 Å². The Balaban J connectivity index is 2.06. The van der Waals surface area contributed by atoms with Gasteiger partial charge >= 0.3 is 0 Å². The van der Waals surface area contributed by atoms with Crippen LogP contribution in [0.3, 0.4) is 0 Å². The van der Waals surface area contributed by atoms with Crippen LogP contribution in [0.1, 0.15) is 40.7 Å². The maximum Gasteiger partial charge on any atom is 0.205 e. The topological polar surface area (TPSA) is 74.4 Å². The van der Waals surface area contributed by atoms with E-state index in [4.69, 9.17) is 15.2 Å². The summed E-state index contributed by atoms with van der Waals surface area (Å²) in [5.74, 6) is 1.25. The summed E-state index contributed by atoms with van der Waals surface area (Å²) >= 11 is 1.32. The molecule has 0 radical (unpaired) electrons. The summed E-state index contributed by atoms with van der Waals surface area (Å²) in [6, 6.07) is 8.98. The lowest BCUT2D eigenvalue weighted by atomic mass is 10.1. The van der Waals surface area contributed by atoms with Crippen LogP contribution in [-0.2, 0) is 0 Å². The predicted octanol–water partition coefficient (Wildman–Crippen LogP) is 4.25. The molecule has 0 aliphatic heterocycles. The van der Waals surface area contributed by atoms with Gasteiger partial charge in [-0.05, 0) is 36.2 Å². The molecule has 6 heteroatoms. The first-order chi connectivity index (χ1) is 12.0. The van der Waals surface area contributed by atoms with E-state index < -0.39 is 0 Å². The van der Waals surface area contributed by atoms with Gasteiger partial charge in [0.05, 0.1) is 19.9 Å². The van der Waals surface area contributed by atoms with Gasteiger partial charge in [-0.3, -0.25) is 4.79 Å². The number of anilines is 1. The molecule has 0 atom stereocenters. The number of fused-ring (bicyclic) bond motifs is 1. The lowest BCUT2D eigenvalue weighted by Gasteiger charge is -2.08. The van der Waals surface area contributed by atoms with Gasteiger partial charge in [0.2, 0.25) is 5.78 Å². The van der Waals surface area contributed by atoms with Gasteiger partial charge in [-0.25, -0.2) is 4.98 Å².